The second-order valence-electron chi connectivity index (χ2n) is 8.56. The first kappa shape index (κ1) is 16.4. The van der Waals surface area contributed by atoms with Gasteiger partial charge < -0.3 is 15.5 Å². The molecule has 0 aliphatic heterocycles. The van der Waals surface area contributed by atoms with Crippen LogP contribution >= 0.6 is 0 Å². The number of phenolic OH excluding ortho intramolecular Hbond substituents is 1. The van der Waals surface area contributed by atoms with Gasteiger partial charge in [-0.15, -0.1) is 0 Å². The fourth-order valence-electron chi connectivity index (χ4n) is 6.01. The molecule has 4 aliphatic carbocycles. The third kappa shape index (κ3) is 3.37. The van der Waals surface area contributed by atoms with Gasteiger partial charge in [0.1, 0.15) is 5.75 Å². The Morgan fingerprint density at radius 3 is 2.24 bits per heavy atom. The fraction of sp³-hybridized carbons (Fsp3) is 0.600. The molecule has 5 rings (SSSR count). The van der Waals surface area contributed by atoms with E-state index < -0.39 is 5.97 Å². The van der Waals surface area contributed by atoms with Crippen molar-refractivity contribution in [3.8, 4) is 5.75 Å². The Morgan fingerprint density at radius 2 is 1.68 bits per heavy atom. The maximum absolute atomic E-state index is 12.6. The van der Waals surface area contributed by atoms with Crippen LogP contribution in [0.1, 0.15) is 50.5 Å². The zero-order valence-corrected chi connectivity index (χ0v) is 14.3. The lowest BCUT2D eigenvalue weighted by Crippen LogP contribution is -2.47. The molecule has 5 heteroatoms. The topological polar surface area (TPSA) is 86.6 Å². The number of phenols is 1. The number of carbonyl (C=O) groups is 2. The van der Waals surface area contributed by atoms with Gasteiger partial charge in [-0.2, -0.15) is 0 Å². The molecule has 0 unspecified atom stereocenters. The van der Waals surface area contributed by atoms with Crippen LogP contribution in [0.25, 0.3) is 0 Å². The summed E-state index contributed by atoms with van der Waals surface area (Å²) in [6.07, 6.45) is 7.92. The predicted molar refractivity (Wildman–Crippen MR) is 93.3 cm³/mol. The van der Waals surface area contributed by atoms with Crippen molar-refractivity contribution in [3.05, 3.63) is 23.8 Å². The zero-order valence-electron chi connectivity index (χ0n) is 14.3. The fourth-order valence-corrected chi connectivity index (χ4v) is 6.01. The van der Waals surface area contributed by atoms with Gasteiger partial charge in [0, 0.05) is 6.42 Å². The molecule has 1 aromatic rings. The number of hydrogen-bond acceptors (Lipinski definition) is 3. The number of nitrogens with one attached hydrogen (secondary N) is 1. The molecule has 0 aromatic heterocycles. The average Bonchev–Trinajstić information content (AvgIpc) is 2.48. The van der Waals surface area contributed by atoms with E-state index in [-0.39, 0.29) is 23.5 Å². The maximum atomic E-state index is 12.6. The summed E-state index contributed by atoms with van der Waals surface area (Å²) in [6, 6.07) is 4.57. The molecular formula is C20H25NO4. The lowest BCUT2D eigenvalue weighted by atomic mass is 9.49. The van der Waals surface area contributed by atoms with Crippen LogP contribution in [-0.2, 0) is 16.0 Å². The monoisotopic (exact) mass is 343 g/mol. The molecule has 4 fully saturated rings. The number of hydrogen-bond donors (Lipinski definition) is 3. The maximum Gasteiger partial charge on any atom is 0.307 e. The lowest BCUT2D eigenvalue weighted by molar-refractivity contribution is -0.136. The van der Waals surface area contributed by atoms with Gasteiger partial charge in [-0.05, 0) is 79.4 Å². The summed E-state index contributed by atoms with van der Waals surface area (Å²) < 4.78 is 0. The van der Waals surface area contributed by atoms with E-state index in [1.54, 1.807) is 12.1 Å². The number of carbonyl (C=O) groups excluding carboxylic acids is 1. The molecule has 4 aliphatic rings. The smallest absolute Gasteiger partial charge is 0.307 e. The van der Waals surface area contributed by atoms with Crippen molar-refractivity contribution in [2.24, 2.45) is 23.2 Å². The molecule has 1 amide bonds. The minimum atomic E-state index is -0.934. The van der Waals surface area contributed by atoms with E-state index in [1.165, 1.54) is 44.6 Å². The second kappa shape index (κ2) is 6.04. The van der Waals surface area contributed by atoms with Gasteiger partial charge in [-0.1, -0.05) is 6.07 Å². The van der Waals surface area contributed by atoms with E-state index in [2.05, 4.69) is 5.32 Å². The first-order valence-corrected chi connectivity index (χ1v) is 9.24. The standard InChI is InChI=1S/C20H25NO4/c22-17-2-1-12(7-19(24)25)6-16(17)21-18(23)11-20-8-13-3-14(9-20)5-15(4-13)10-20/h1-2,6,13-15,22H,3-5,7-11H2,(H,21,23)(H,24,25). The Hall–Kier alpha value is -2.04. The normalized spacial score (nSPS) is 32.6. The second-order valence-corrected chi connectivity index (χ2v) is 8.56. The molecule has 0 atom stereocenters. The molecular weight excluding hydrogens is 318 g/mol. The van der Waals surface area contributed by atoms with Crippen molar-refractivity contribution in [2.75, 3.05) is 5.32 Å². The minimum Gasteiger partial charge on any atom is -0.506 e. The largest absolute Gasteiger partial charge is 0.506 e. The Labute approximate surface area is 147 Å². The quantitative estimate of drug-likeness (QED) is 0.713. The molecule has 0 saturated heterocycles. The highest BCUT2D eigenvalue weighted by Crippen LogP contribution is 2.61. The molecule has 5 nitrogen and oxygen atoms in total. The zero-order chi connectivity index (χ0) is 17.6. The molecule has 4 saturated carbocycles. The Bertz CT molecular complexity index is 676. The number of rotatable bonds is 5. The van der Waals surface area contributed by atoms with E-state index >= 15 is 0 Å². The summed E-state index contributed by atoms with van der Waals surface area (Å²) >= 11 is 0. The van der Waals surface area contributed by atoms with E-state index in [0.717, 1.165) is 17.8 Å². The van der Waals surface area contributed by atoms with E-state index in [1.807, 2.05) is 0 Å². The SMILES string of the molecule is O=C(O)Cc1ccc(O)c(NC(=O)CC23CC4CC(CC(C4)C2)C3)c1. The molecule has 0 heterocycles. The van der Waals surface area contributed by atoms with Crippen LogP contribution in [0.4, 0.5) is 5.69 Å². The summed E-state index contributed by atoms with van der Waals surface area (Å²) in [5.74, 6) is 1.37. The Morgan fingerprint density at radius 1 is 1.08 bits per heavy atom. The number of benzene rings is 1. The first-order chi connectivity index (χ1) is 11.9. The van der Waals surface area contributed by atoms with Crippen LogP contribution in [0, 0.1) is 23.2 Å². The van der Waals surface area contributed by atoms with Crippen LogP contribution in [0.2, 0.25) is 0 Å². The van der Waals surface area contributed by atoms with Gasteiger partial charge in [0.05, 0.1) is 12.1 Å². The summed E-state index contributed by atoms with van der Waals surface area (Å²) in [6.45, 7) is 0. The molecule has 0 radical (unpaired) electrons. The van der Waals surface area contributed by atoms with Gasteiger partial charge in [-0.25, -0.2) is 0 Å². The third-order valence-corrected chi connectivity index (χ3v) is 6.39. The van der Waals surface area contributed by atoms with Crippen LogP contribution in [0.3, 0.4) is 0 Å². The van der Waals surface area contributed by atoms with Crippen LogP contribution < -0.4 is 5.32 Å². The highest BCUT2D eigenvalue weighted by atomic mass is 16.4. The summed E-state index contributed by atoms with van der Waals surface area (Å²) in [4.78, 5) is 23.5. The van der Waals surface area contributed by atoms with E-state index in [9.17, 15) is 14.7 Å². The van der Waals surface area contributed by atoms with E-state index in [4.69, 9.17) is 5.11 Å². The van der Waals surface area contributed by atoms with Gasteiger partial charge in [0.15, 0.2) is 0 Å². The minimum absolute atomic E-state index is 0.0204. The number of anilines is 1. The van der Waals surface area contributed by atoms with Crippen LogP contribution in [0.15, 0.2) is 18.2 Å². The van der Waals surface area contributed by atoms with Crippen molar-refractivity contribution in [1.29, 1.82) is 0 Å². The lowest BCUT2D eigenvalue weighted by Gasteiger charge is -2.56. The van der Waals surface area contributed by atoms with Crippen LogP contribution in [-0.4, -0.2) is 22.1 Å². The van der Waals surface area contributed by atoms with Gasteiger partial charge in [0.25, 0.3) is 0 Å². The van der Waals surface area contributed by atoms with E-state index in [0.29, 0.717) is 17.7 Å². The summed E-state index contributed by atoms with van der Waals surface area (Å²) in [5, 5.41) is 21.7. The Kier molecular flexibility index (Phi) is 3.97. The van der Waals surface area contributed by atoms with Gasteiger partial charge in [0.2, 0.25) is 5.91 Å². The van der Waals surface area contributed by atoms with Gasteiger partial charge >= 0.3 is 5.97 Å². The highest BCUT2D eigenvalue weighted by Gasteiger charge is 2.51. The number of aliphatic carboxylic acids is 1. The highest BCUT2D eigenvalue weighted by molar-refractivity contribution is 5.93. The number of carboxylic acids is 1. The Balaban J connectivity index is 1.45. The number of carboxylic acid groups (broad SMARTS) is 1. The van der Waals surface area contributed by atoms with Gasteiger partial charge in [-0.3, -0.25) is 9.59 Å². The molecule has 4 bridgehead atoms. The molecule has 134 valence electrons. The number of amides is 1. The predicted octanol–water partition coefficient (Wildman–Crippen LogP) is 3.56. The number of aromatic hydroxyl groups is 1. The molecule has 0 spiro atoms. The van der Waals surface area contributed by atoms with Crippen molar-refractivity contribution >= 4 is 17.6 Å². The van der Waals surface area contributed by atoms with Crippen molar-refractivity contribution in [1.82, 2.24) is 0 Å². The average molecular weight is 343 g/mol. The first-order valence-electron chi connectivity index (χ1n) is 9.24. The molecule has 1 aromatic carbocycles. The molecule has 3 N–H and O–H groups in total. The third-order valence-electron chi connectivity index (χ3n) is 6.39. The van der Waals surface area contributed by atoms with Crippen LogP contribution in [0.5, 0.6) is 5.75 Å². The summed E-state index contributed by atoms with van der Waals surface area (Å²) in [5.41, 5.74) is 1.02. The summed E-state index contributed by atoms with van der Waals surface area (Å²) in [7, 11) is 0. The van der Waals surface area contributed by atoms with Crippen molar-refractivity contribution < 1.29 is 19.8 Å². The molecule has 25 heavy (non-hydrogen) atoms. The van der Waals surface area contributed by atoms with Crippen molar-refractivity contribution in [2.45, 2.75) is 51.4 Å². The van der Waals surface area contributed by atoms with Crippen molar-refractivity contribution in [3.63, 3.8) is 0 Å².